The maximum Gasteiger partial charge on any atom is 0.135 e. The first-order valence-corrected chi connectivity index (χ1v) is 9.57. The molecule has 0 bridgehead atoms. The third-order valence-electron chi connectivity index (χ3n) is 5.76. The quantitative estimate of drug-likeness (QED) is 0.718. The van der Waals surface area contributed by atoms with Gasteiger partial charge in [-0.15, -0.1) is 0 Å². The molecule has 5 heteroatoms. The van der Waals surface area contributed by atoms with Gasteiger partial charge in [-0.2, -0.15) is 0 Å². The lowest BCUT2D eigenvalue weighted by molar-refractivity contribution is -0.0821. The van der Waals surface area contributed by atoms with Crippen LogP contribution in [0.25, 0.3) is 11.3 Å². The van der Waals surface area contributed by atoms with Crippen molar-refractivity contribution in [2.75, 3.05) is 13.1 Å². The van der Waals surface area contributed by atoms with Crippen molar-refractivity contribution in [3.8, 4) is 11.3 Å². The molecule has 138 valence electrons. The molecule has 27 heavy (non-hydrogen) atoms. The van der Waals surface area contributed by atoms with Gasteiger partial charge in [0.05, 0.1) is 18.4 Å². The molecule has 1 aromatic carbocycles. The zero-order valence-electron chi connectivity index (χ0n) is 15.6. The van der Waals surface area contributed by atoms with Gasteiger partial charge in [0.1, 0.15) is 18.0 Å². The van der Waals surface area contributed by atoms with E-state index in [1.54, 1.807) is 0 Å². The van der Waals surface area contributed by atoms with Gasteiger partial charge < -0.3 is 9.30 Å². The molecule has 0 N–H and O–H groups in total. The van der Waals surface area contributed by atoms with Crippen LogP contribution < -0.4 is 0 Å². The topological polar surface area (TPSA) is 43.2 Å². The SMILES string of the molecule is Cc1ccc(-c2cnc3n2CC2(CCN(Cc4cccnc4)C2)OC3)cc1. The summed E-state index contributed by atoms with van der Waals surface area (Å²) in [6.45, 7) is 6.52. The second-order valence-corrected chi connectivity index (χ2v) is 7.81. The molecule has 1 saturated heterocycles. The lowest BCUT2D eigenvalue weighted by atomic mass is 10.0. The number of likely N-dealkylation sites (tertiary alicyclic amines) is 1. The average Bonchev–Trinajstić information content (AvgIpc) is 3.28. The Morgan fingerprint density at radius 1 is 1.11 bits per heavy atom. The molecule has 0 aliphatic carbocycles. The predicted octanol–water partition coefficient (Wildman–Crippen LogP) is 3.43. The first-order valence-electron chi connectivity index (χ1n) is 9.57. The molecule has 1 atom stereocenters. The van der Waals surface area contributed by atoms with Gasteiger partial charge in [0.25, 0.3) is 0 Å². The summed E-state index contributed by atoms with van der Waals surface area (Å²) in [6.07, 6.45) is 6.82. The predicted molar refractivity (Wildman–Crippen MR) is 104 cm³/mol. The van der Waals surface area contributed by atoms with Gasteiger partial charge in [-0.25, -0.2) is 4.98 Å². The molecule has 4 heterocycles. The van der Waals surface area contributed by atoms with E-state index in [1.165, 1.54) is 22.4 Å². The highest BCUT2D eigenvalue weighted by molar-refractivity contribution is 5.60. The van der Waals surface area contributed by atoms with Crippen LogP contribution in [0.5, 0.6) is 0 Å². The number of hydrogen-bond acceptors (Lipinski definition) is 4. The normalized spacial score (nSPS) is 22.3. The molecular weight excluding hydrogens is 336 g/mol. The Morgan fingerprint density at radius 3 is 2.81 bits per heavy atom. The highest BCUT2D eigenvalue weighted by Crippen LogP contribution is 2.35. The second-order valence-electron chi connectivity index (χ2n) is 7.81. The maximum atomic E-state index is 6.35. The number of ether oxygens (including phenoxy) is 1. The molecule has 2 aromatic heterocycles. The molecule has 3 aromatic rings. The van der Waals surface area contributed by atoms with Gasteiger partial charge in [0.2, 0.25) is 0 Å². The third kappa shape index (κ3) is 3.17. The van der Waals surface area contributed by atoms with E-state index >= 15 is 0 Å². The van der Waals surface area contributed by atoms with Crippen molar-refractivity contribution < 1.29 is 4.74 Å². The fourth-order valence-corrected chi connectivity index (χ4v) is 4.27. The van der Waals surface area contributed by atoms with E-state index in [1.807, 2.05) is 24.7 Å². The van der Waals surface area contributed by atoms with Gasteiger partial charge in [-0.1, -0.05) is 35.9 Å². The van der Waals surface area contributed by atoms with Gasteiger partial charge in [-0.3, -0.25) is 9.88 Å². The van der Waals surface area contributed by atoms with E-state index in [0.717, 1.165) is 38.4 Å². The van der Waals surface area contributed by atoms with E-state index in [4.69, 9.17) is 4.74 Å². The largest absolute Gasteiger partial charge is 0.364 e. The van der Waals surface area contributed by atoms with Crippen LogP contribution in [0.1, 0.15) is 23.4 Å². The summed E-state index contributed by atoms with van der Waals surface area (Å²) in [4.78, 5) is 11.3. The van der Waals surface area contributed by atoms with Crippen molar-refractivity contribution in [1.82, 2.24) is 19.4 Å². The average molecular weight is 360 g/mol. The third-order valence-corrected chi connectivity index (χ3v) is 5.76. The molecule has 0 radical (unpaired) electrons. The van der Waals surface area contributed by atoms with Gasteiger partial charge in [0, 0.05) is 32.0 Å². The van der Waals surface area contributed by atoms with Crippen LogP contribution in [0.4, 0.5) is 0 Å². The van der Waals surface area contributed by atoms with Crippen LogP contribution in [-0.2, 0) is 24.4 Å². The second kappa shape index (κ2) is 6.59. The molecule has 2 aliphatic rings. The number of pyridine rings is 1. The van der Waals surface area contributed by atoms with E-state index in [2.05, 4.69) is 56.7 Å². The lowest BCUT2D eigenvalue weighted by Crippen LogP contribution is -2.44. The Kier molecular flexibility index (Phi) is 4.06. The first kappa shape index (κ1) is 16.7. The molecule has 2 aliphatic heterocycles. The van der Waals surface area contributed by atoms with E-state index in [0.29, 0.717) is 6.61 Å². The highest BCUT2D eigenvalue weighted by Gasteiger charge is 2.43. The molecule has 5 nitrogen and oxygen atoms in total. The number of aromatic nitrogens is 3. The summed E-state index contributed by atoms with van der Waals surface area (Å²) >= 11 is 0. The lowest BCUT2D eigenvalue weighted by Gasteiger charge is -2.35. The van der Waals surface area contributed by atoms with Crippen LogP contribution >= 0.6 is 0 Å². The minimum absolute atomic E-state index is 0.116. The smallest absolute Gasteiger partial charge is 0.135 e. The standard InChI is InChI=1S/C22H24N4O/c1-17-4-6-19(7-5-17)20-12-24-21-14-27-22(16-26(20)21)8-10-25(15-22)13-18-3-2-9-23-11-18/h2-7,9,11-12H,8,10,13-16H2,1H3. The van der Waals surface area contributed by atoms with Crippen LogP contribution in [0.2, 0.25) is 0 Å². The minimum Gasteiger partial charge on any atom is -0.364 e. The van der Waals surface area contributed by atoms with Crippen LogP contribution in [-0.4, -0.2) is 38.1 Å². The van der Waals surface area contributed by atoms with Gasteiger partial charge in [-0.05, 0) is 30.5 Å². The maximum absolute atomic E-state index is 6.35. The molecule has 5 rings (SSSR count). The van der Waals surface area contributed by atoms with E-state index in [-0.39, 0.29) is 5.60 Å². The van der Waals surface area contributed by atoms with E-state index < -0.39 is 0 Å². The summed E-state index contributed by atoms with van der Waals surface area (Å²) in [5.41, 5.74) is 4.84. The van der Waals surface area contributed by atoms with E-state index in [9.17, 15) is 0 Å². The Balaban J connectivity index is 1.36. The fraction of sp³-hybridized carbons (Fsp3) is 0.364. The number of hydrogen-bond donors (Lipinski definition) is 0. The Labute approximate surface area is 159 Å². The summed E-state index contributed by atoms with van der Waals surface area (Å²) in [5.74, 6) is 1.03. The summed E-state index contributed by atoms with van der Waals surface area (Å²) in [6, 6.07) is 12.8. The van der Waals surface area contributed by atoms with Gasteiger partial charge in [0.15, 0.2) is 0 Å². The van der Waals surface area contributed by atoms with Crippen molar-refractivity contribution in [1.29, 1.82) is 0 Å². The monoisotopic (exact) mass is 360 g/mol. The number of fused-ring (bicyclic) bond motifs is 1. The molecule has 1 unspecified atom stereocenters. The summed E-state index contributed by atoms with van der Waals surface area (Å²) in [7, 11) is 0. The van der Waals surface area contributed by atoms with Crippen LogP contribution in [0.3, 0.4) is 0 Å². The molecule has 1 spiro atoms. The Morgan fingerprint density at radius 2 is 2.00 bits per heavy atom. The van der Waals surface area contributed by atoms with Crippen molar-refractivity contribution in [2.45, 2.75) is 38.6 Å². The minimum atomic E-state index is -0.116. The number of nitrogens with zero attached hydrogens (tertiary/aromatic N) is 4. The zero-order valence-corrected chi connectivity index (χ0v) is 15.6. The molecule has 0 amide bonds. The van der Waals surface area contributed by atoms with Crippen molar-refractivity contribution >= 4 is 0 Å². The molecule has 0 saturated carbocycles. The number of benzene rings is 1. The van der Waals surface area contributed by atoms with Crippen LogP contribution in [0.15, 0.2) is 55.0 Å². The van der Waals surface area contributed by atoms with Crippen molar-refractivity contribution in [2.24, 2.45) is 0 Å². The van der Waals surface area contributed by atoms with Crippen molar-refractivity contribution in [3.63, 3.8) is 0 Å². The zero-order chi connectivity index (χ0) is 18.3. The first-order chi connectivity index (χ1) is 13.2. The molecule has 1 fully saturated rings. The van der Waals surface area contributed by atoms with Crippen molar-refractivity contribution in [3.05, 3.63) is 71.9 Å². The van der Waals surface area contributed by atoms with Crippen LogP contribution in [0, 0.1) is 6.92 Å². The van der Waals surface area contributed by atoms with Gasteiger partial charge >= 0.3 is 0 Å². The highest BCUT2D eigenvalue weighted by atomic mass is 16.5. The number of rotatable bonds is 3. The Bertz CT molecular complexity index is 935. The summed E-state index contributed by atoms with van der Waals surface area (Å²) < 4.78 is 8.71. The number of imidazole rings is 1. The Hall–Kier alpha value is -2.50. The summed E-state index contributed by atoms with van der Waals surface area (Å²) in [5, 5.41) is 0. The fourth-order valence-electron chi connectivity index (χ4n) is 4.27. The molecular formula is C22H24N4O. The number of aryl methyl sites for hydroxylation is 1.